The summed E-state index contributed by atoms with van der Waals surface area (Å²) in [7, 11) is 0. The van der Waals surface area contributed by atoms with Crippen LogP contribution in [0.5, 0.6) is 0 Å². The summed E-state index contributed by atoms with van der Waals surface area (Å²) in [4.78, 5) is 16.4. The van der Waals surface area contributed by atoms with Gasteiger partial charge in [-0.2, -0.15) is 0 Å². The quantitative estimate of drug-likeness (QED) is 0.368. The van der Waals surface area contributed by atoms with Crippen LogP contribution in [0.1, 0.15) is 96.1 Å². The van der Waals surface area contributed by atoms with Gasteiger partial charge >= 0.3 is 5.97 Å². The minimum atomic E-state index is -1.11. The number of carboxylic acids is 1. The van der Waals surface area contributed by atoms with Crippen molar-refractivity contribution in [3.8, 4) is 11.5 Å². The van der Waals surface area contributed by atoms with Gasteiger partial charge in [0.1, 0.15) is 11.5 Å². The minimum absolute atomic E-state index is 0.125. The number of aryl methyl sites for hydroxylation is 1. The van der Waals surface area contributed by atoms with E-state index in [-0.39, 0.29) is 6.10 Å². The van der Waals surface area contributed by atoms with Crippen molar-refractivity contribution in [2.24, 2.45) is 5.92 Å². The number of hydrogen-bond donors (Lipinski definition) is 1. The van der Waals surface area contributed by atoms with E-state index in [4.69, 9.17) is 18.9 Å². The van der Waals surface area contributed by atoms with Gasteiger partial charge in [0.05, 0.1) is 19.3 Å². The van der Waals surface area contributed by atoms with Gasteiger partial charge in [0.2, 0.25) is 5.89 Å². The first kappa shape index (κ1) is 26.4. The van der Waals surface area contributed by atoms with Crippen LogP contribution in [0.4, 0.5) is 0 Å². The molecule has 0 aliphatic heterocycles. The SMILES string of the molecule is CCCC(C)(OC[C@@H]1CCC[C@H](OCc2nc(-c3ccc(C(C)C)cc3)oc2CC)C1)C(=O)O. The van der Waals surface area contributed by atoms with Gasteiger partial charge in [0.15, 0.2) is 5.60 Å². The summed E-state index contributed by atoms with van der Waals surface area (Å²) in [5.74, 6) is 1.43. The van der Waals surface area contributed by atoms with Crippen molar-refractivity contribution >= 4 is 5.97 Å². The van der Waals surface area contributed by atoms with Gasteiger partial charge in [-0.3, -0.25) is 0 Å². The predicted molar refractivity (Wildman–Crippen MR) is 133 cm³/mol. The van der Waals surface area contributed by atoms with Gasteiger partial charge in [0.25, 0.3) is 0 Å². The summed E-state index contributed by atoms with van der Waals surface area (Å²) in [5.41, 5.74) is 2.03. The summed E-state index contributed by atoms with van der Waals surface area (Å²) in [6, 6.07) is 8.40. The molecular weight excluding hydrogens is 430 g/mol. The molecule has 1 aromatic carbocycles. The van der Waals surface area contributed by atoms with E-state index in [1.54, 1.807) is 6.92 Å². The van der Waals surface area contributed by atoms with Crippen LogP contribution in [0.15, 0.2) is 28.7 Å². The molecular formula is C28H41NO5. The molecule has 0 saturated heterocycles. The van der Waals surface area contributed by atoms with Crippen molar-refractivity contribution in [2.75, 3.05) is 6.61 Å². The summed E-state index contributed by atoms with van der Waals surface area (Å²) >= 11 is 0. The lowest BCUT2D eigenvalue weighted by Gasteiger charge is -2.32. The first-order chi connectivity index (χ1) is 16.3. The van der Waals surface area contributed by atoms with Crippen LogP contribution < -0.4 is 0 Å². The molecule has 6 nitrogen and oxygen atoms in total. The number of aliphatic carboxylic acids is 1. The molecule has 0 radical (unpaired) electrons. The van der Waals surface area contributed by atoms with E-state index in [1.807, 2.05) is 6.92 Å². The molecule has 0 spiro atoms. The van der Waals surface area contributed by atoms with E-state index >= 15 is 0 Å². The van der Waals surface area contributed by atoms with Gasteiger partial charge in [0, 0.05) is 12.0 Å². The molecule has 3 atom stereocenters. The summed E-state index contributed by atoms with van der Waals surface area (Å²) < 4.78 is 18.3. The Bertz CT molecular complexity index is 919. The van der Waals surface area contributed by atoms with Crippen molar-refractivity contribution in [3.63, 3.8) is 0 Å². The van der Waals surface area contributed by atoms with Crippen molar-refractivity contribution in [3.05, 3.63) is 41.3 Å². The van der Waals surface area contributed by atoms with Crippen LogP contribution in [0.25, 0.3) is 11.5 Å². The molecule has 0 amide bonds. The number of nitrogens with zero attached hydrogens (tertiary/aromatic N) is 1. The first-order valence-electron chi connectivity index (χ1n) is 12.8. The van der Waals surface area contributed by atoms with Crippen LogP contribution in [0.2, 0.25) is 0 Å². The van der Waals surface area contributed by atoms with Crippen molar-refractivity contribution in [2.45, 2.75) is 104 Å². The maximum Gasteiger partial charge on any atom is 0.335 e. The fraction of sp³-hybridized carbons (Fsp3) is 0.643. The number of oxazole rings is 1. The van der Waals surface area contributed by atoms with Crippen LogP contribution in [0, 0.1) is 5.92 Å². The Morgan fingerprint density at radius 1 is 1.24 bits per heavy atom. The third kappa shape index (κ3) is 6.70. The summed E-state index contributed by atoms with van der Waals surface area (Å²) in [5, 5.41) is 9.56. The van der Waals surface area contributed by atoms with Crippen LogP contribution in [0.3, 0.4) is 0 Å². The average Bonchev–Trinajstić information content (AvgIpc) is 3.25. The Kier molecular flexibility index (Phi) is 9.31. The lowest BCUT2D eigenvalue weighted by Crippen LogP contribution is -2.40. The molecule has 3 rings (SSSR count). The van der Waals surface area contributed by atoms with Gasteiger partial charge in [-0.15, -0.1) is 0 Å². The molecule has 1 fully saturated rings. The number of hydrogen-bond acceptors (Lipinski definition) is 5. The van der Waals surface area contributed by atoms with Crippen LogP contribution in [-0.4, -0.2) is 34.4 Å². The van der Waals surface area contributed by atoms with Crippen molar-refractivity contribution in [1.29, 1.82) is 0 Å². The average molecular weight is 472 g/mol. The van der Waals surface area contributed by atoms with Gasteiger partial charge < -0.3 is 19.0 Å². The number of carbonyl (C=O) groups is 1. The van der Waals surface area contributed by atoms with Crippen LogP contribution >= 0.6 is 0 Å². The molecule has 34 heavy (non-hydrogen) atoms. The Balaban J connectivity index is 1.57. The van der Waals surface area contributed by atoms with E-state index in [1.165, 1.54) is 5.56 Å². The molecule has 1 unspecified atom stereocenters. The molecule has 1 aromatic heterocycles. The second-order valence-corrected chi connectivity index (χ2v) is 10.1. The smallest absolute Gasteiger partial charge is 0.335 e. The molecule has 188 valence electrons. The Labute approximate surface area is 204 Å². The second kappa shape index (κ2) is 12.0. The normalized spacial score (nSPS) is 20.4. The van der Waals surface area contributed by atoms with Crippen LogP contribution in [-0.2, 0) is 27.3 Å². The van der Waals surface area contributed by atoms with E-state index in [2.05, 4.69) is 45.0 Å². The minimum Gasteiger partial charge on any atom is -0.479 e. The lowest BCUT2D eigenvalue weighted by atomic mass is 9.87. The third-order valence-electron chi connectivity index (χ3n) is 6.93. The number of carboxylic acid groups (broad SMARTS) is 1. The van der Waals surface area contributed by atoms with E-state index in [9.17, 15) is 9.90 Å². The second-order valence-electron chi connectivity index (χ2n) is 10.1. The summed E-state index contributed by atoms with van der Waals surface area (Å²) in [6.45, 7) is 11.0. The Hall–Kier alpha value is -2.18. The molecule has 1 saturated carbocycles. The predicted octanol–water partition coefficient (Wildman–Crippen LogP) is 6.76. The first-order valence-corrected chi connectivity index (χ1v) is 12.8. The Morgan fingerprint density at radius 3 is 2.59 bits per heavy atom. The maximum absolute atomic E-state index is 11.7. The zero-order valence-electron chi connectivity index (χ0n) is 21.4. The number of benzene rings is 1. The molecule has 2 aromatic rings. The van der Waals surface area contributed by atoms with Gasteiger partial charge in [-0.25, -0.2) is 9.78 Å². The highest BCUT2D eigenvalue weighted by Gasteiger charge is 2.35. The zero-order chi connectivity index (χ0) is 24.7. The lowest BCUT2D eigenvalue weighted by molar-refractivity contribution is -0.167. The highest BCUT2D eigenvalue weighted by Crippen LogP contribution is 2.31. The topological polar surface area (TPSA) is 81.8 Å². The molecule has 0 bridgehead atoms. The fourth-order valence-corrected chi connectivity index (χ4v) is 4.67. The van der Waals surface area contributed by atoms with Crippen molar-refractivity contribution < 1.29 is 23.8 Å². The van der Waals surface area contributed by atoms with Crippen molar-refractivity contribution in [1.82, 2.24) is 4.98 Å². The Morgan fingerprint density at radius 2 is 1.97 bits per heavy atom. The number of rotatable bonds is 12. The molecule has 1 heterocycles. The largest absolute Gasteiger partial charge is 0.479 e. The molecule has 1 N–H and O–H groups in total. The van der Waals surface area contributed by atoms with E-state index in [0.717, 1.165) is 55.5 Å². The fourth-order valence-electron chi connectivity index (χ4n) is 4.67. The number of aromatic nitrogens is 1. The monoisotopic (exact) mass is 471 g/mol. The molecule has 6 heteroatoms. The standard InChI is InChI=1S/C28H41NO5/c1-6-15-28(5,27(30)31)33-17-20-9-8-10-23(16-20)32-18-24-25(7-2)34-26(29-24)22-13-11-21(12-14-22)19(3)4/h11-14,19-20,23H,6-10,15-18H2,1-5H3,(H,30,31)/t20-,23+,28?/m1/s1. The van der Waals surface area contributed by atoms with E-state index in [0.29, 0.717) is 37.4 Å². The van der Waals surface area contributed by atoms with E-state index < -0.39 is 11.6 Å². The summed E-state index contributed by atoms with van der Waals surface area (Å²) in [6.07, 6.45) is 6.17. The van der Waals surface area contributed by atoms with Gasteiger partial charge in [-0.05, 0) is 62.1 Å². The molecule has 1 aliphatic rings. The molecule has 1 aliphatic carbocycles. The van der Waals surface area contributed by atoms with Gasteiger partial charge in [-0.1, -0.05) is 52.7 Å². The highest BCUT2D eigenvalue weighted by atomic mass is 16.5. The number of ether oxygens (including phenoxy) is 2. The highest BCUT2D eigenvalue weighted by molar-refractivity contribution is 5.76. The third-order valence-corrected chi connectivity index (χ3v) is 6.93. The zero-order valence-corrected chi connectivity index (χ0v) is 21.4. The maximum atomic E-state index is 11.7.